The van der Waals surface area contributed by atoms with Crippen molar-refractivity contribution < 1.29 is 0 Å². The van der Waals surface area contributed by atoms with Gasteiger partial charge in [-0.05, 0) is 25.6 Å². The highest BCUT2D eigenvalue weighted by Crippen LogP contribution is 2.28. The van der Waals surface area contributed by atoms with E-state index in [1.165, 1.54) is 4.88 Å². The maximum atomic E-state index is 4.36. The van der Waals surface area contributed by atoms with E-state index in [4.69, 9.17) is 0 Å². The number of hydrogen-bond acceptors (Lipinski definition) is 5. The normalized spacial score (nSPS) is 12.5. The first-order valence-corrected chi connectivity index (χ1v) is 7.78. The van der Waals surface area contributed by atoms with Crippen LogP contribution in [0.2, 0.25) is 0 Å². The van der Waals surface area contributed by atoms with Crippen LogP contribution in [0.1, 0.15) is 29.2 Å². The van der Waals surface area contributed by atoms with Crippen molar-refractivity contribution >= 4 is 11.3 Å². The molecule has 1 N–H and O–H groups in total. The van der Waals surface area contributed by atoms with Crippen LogP contribution in [0.3, 0.4) is 0 Å². The molecule has 0 bridgehead atoms. The zero-order chi connectivity index (χ0) is 14.7. The van der Waals surface area contributed by atoms with Gasteiger partial charge in [0.1, 0.15) is 0 Å². The molecule has 108 valence electrons. The first-order chi connectivity index (χ1) is 10.3. The van der Waals surface area contributed by atoms with E-state index in [-0.39, 0.29) is 6.04 Å². The minimum Gasteiger partial charge on any atom is -0.304 e. The summed E-state index contributed by atoms with van der Waals surface area (Å²) in [5.74, 6) is 0. The van der Waals surface area contributed by atoms with Crippen LogP contribution in [-0.2, 0) is 0 Å². The number of aromatic nitrogens is 4. The van der Waals surface area contributed by atoms with Crippen LogP contribution in [0.25, 0.3) is 5.69 Å². The molecule has 3 rings (SSSR count). The molecule has 0 aliphatic rings. The van der Waals surface area contributed by atoms with Crippen molar-refractivity contribution in [2.45, 2.75) is 19.9 Å². The average Bonchev–Trinajstić information content (AvgIpc) is 3.15. The van der Waals surface area contributed by atoms with Crippen LogP contribution in [0.15, 0.2) is 42.0 Å². The first kappa shape index (κ1) is 13.9. The van der Waals surface area contributed by atoms with Crippen molar-refractivity contribution in [1.82, 2.24) is 25.3 Å². The molecule has 6 heteroatoms. The fourth-order valence-electron chi connectivity index (χ4n) is 2.33. The molecular weight excluding hydrogens is 282 g/mol. The Balaban J connectivity index is 2.06. The SMILES string of the molecule is CCNC(c1scnc1C)c1cnnn1-c1ccccc1. The highest BCUT2D eigenvalue weighted by atomic mass is 32.1. The molecular formula is C15H17N5S. The van der Waals surface area contributed by atoms with Gasteiger partial charge in [0.25, 0.3) is 0 Å². The topological polar surface area (TPSA) is 55.6 Å². The molecule has 1 unspecified atom stereocenters. The number of nitrogens with one attached hydrogen (secondary N) is 1. The second-order valence-corrected chi connectivity index (χ2v) is 5.59. The third-order valence-corrected chi connectivity index (χ3v) is 4.32. The molecule has 0 amide bonds. The Bertz CT molecular complexity index is 704. The second-order valence-electron chi connectivity index (χ2n) is 4.70. The van der Waals surface area contributed by atoms with Gasteiger partial charge in [-0.3, -0.25) is 0 Å². The molecule has 2 aromatic heterocycles. The number of benzene rings is 1. The van der Waals surface area contributed by atoms with Gasteiger partial charge < -0.3 is 5.32 Å². The van der Waals surface area contributed by atoms with Crippen LogP contribution in [0, 0.1) is 6.92 Å². The third-order valence-electron chi connectivity index (χ3n) is 3.33. The summed E-state index contributed by atoms with van der Waals surface area (Å²) in [6, 6.07) is 10.1. The van der Waals surface area contributed by atoms with E-state index < -0.39 is 0 Å². The number of thiazole rings is 1. The minimum absolute atomic E-state index is 0.0534. The van der Waals surface area contributed by atoms with Gasteiger partial charge in [0.05, 0.1) is 39.7 Å². The van der Waals surface area contributed by atoms with Crippen LogP contribution in [0.4, 0.5) is 0 Å². The number of nitrogens with zero attached hydrogens (tertiary/aromatic N) is 4. The first-order valence-electron chi connectivity index (χ1n) is 6.90. The van der Waals surface area contributed by atoms with E-state index in [2.05, 4.69) is 27.5 Å². The molecule has 1 aromatic carbocycles. The molecule has 0 spiro atoms. The summed E-state index contributed by atoms with van der Waals surface area (Å²) in [4.78, 5) is 5.57. The van der Waals surface area contributed by atoms with Crippen LogP contribution >= 0.6 is 11.3 Å². The molecule has 0 fully saturated rings. The maximum absolute atomic E-state index is 4.36. The Hall–Kier alpha value is -2.05. The molecule has 1 atom stereocenters. The van der Waals surface area contributed by atoms with E-state index in [0.29, 0.717) is 0 Å². The molecule has 0 aliphatic heterocycles. The van der Waals surface area contributed by atoms with Gasteiger partial charge in [0.2, 0.25) is 0 Å². The predicted molar refractivity (Wildman–Crippen MR) is 83.7 cm³/mol. The van der Waals surface area contributed by atoms with Gasteiger partial charge in [0, 0.05) is 0 Å². The highest BCUT2D eigenvalue weighted by molar-refractivity contribution is 7.09. The van der Waals surface area contributed by atoms with Crippen molar-refractivity contribution in [3.63, 3.8) is 0 Å². The third kappa shape index (κ3) is 2.72. The summed E-state index contributed by atoms with van der Waals surface area (Å²) >= 11 is 1.66. The second kappa shape index (κ2) is 6.15. The number of rotatable bonds is 5. The largest absolute Gasteiger partial charge is 0.304 e. The maximum Gasteiger partial charge on any atom is 0.0881 e. The van der Waals surface area contributed by atoms with E-state index in [9.17, 15) is 0 Å². The Morgan fingerprint density at radius 3 is 2.76 bits per heavy atom. The van der Waals surface area contributed by atoms with Gasteiger partial charge in [-0.2, -0.15) is 0 Å². The molecule has 0 saturated heterocycles. The molecule has 0 radical (unpaired) electrons. The van der Waals surface area contributed by atoms with Gasteiger partial charge in [-0.1, -0.05) is 30.3 Å². The Morgan fingerprint density at radius 2 is 2.10 bits per heavy atom. The van der Waals surface area contributed by atoms with Crippen molar-refractivity contribution in [3.8, 4) is 5.69 Å². The number of para-hydroxylation sites is 1. The Kier molecular flexibility index (Phi) is 4.08. The Labute approximate surface area is 127 Å². The lowest BCUT2D eigenvalue weighted by Gasteiger charge is -2.18. The summed E-state index contributed by atoms with van der Waals surface area (Å²) in [5, 5.41) is 11.8. The molecule has 2 heterocycles. The molecule has 0 aliphatic carbocycles. The fraction of sp³-hybridized carbons (Fsp3) is 0.267. The standard InChI is InChI=1S/C15H17N5S/c1-3-16-14(15-11(2)17-10-21-15)13-9-18-19-20(13)12-7-5-4-6-8-12/h4-10,14,16H,3H2,1-2H3. The number of hydrogen-bond donors (Lipinski definition) is 1. The minimum atomic E-state index is 0.0534. The smallest absolute Gasteiger partial charge is 0.0881 e. The lowest BCUT2D eigenvalue weighted by Crippen LogP contribution is -2.24. The van der Waals surface area contributed by atoms with Crippen molar-refractivity contribution in [2.75, 3.05) is 6.54 Å². The molecule has 5 nitrogen and oxygen atoms in total. The molecule has 21 heavy (non-hydrogen) atoms. The van der Waals surface area contributed by atoms with Crippen molar-refractivity contribution in [2.24, 2.45) is 0 Å². The molecule has 0 saturated carbocycles. The quantitative estimate of drug-likeness (QED) is 0.787. The molecule has 3 aromatic rings. The lowest BCUT2D eigenvalue weighted by atomic mass is 10.1. The van der Waals surface area contributed by atoms with E-state index in [0.717, 1.165) is 23.6 Å². The van der Waals surface area contributed by atoms with Crippen LogP contribution < -0.4 is 5.32 Å². The van der Waals surface area contributed by atoms with Crippen molar-refractivity contribution in [3.05, 3.63) is 58.3 Å². The van der Waals surface area contributed by atoms with E-state index in [1.807, 2.05) is 53.6 Å². The predicted octanol–water partition coefficient (Wildman–Crippen LogP) is 2.73. The number of aryl methyl sites for hydroxylation is 1. The summed E-state index contributed by atoms with van der Waals surface area (Å²) in [7, 11) is 0. The summed E-state index contributed by atoms with van der Waals surface area (Å²) in [6.07, 6.45) is 1.82. The van der Waals surface area contributed by atoms with E-state index >= 15 is 0 Å². The van der Waals surface area contributed by atoms with Gasteiger partial charge in [-0.15, -0.1) is 16.4 Å². The van der Waals surface area contributed by atoms with Crippen LogP contribution in [0.5, 0.6) is 0 Å². The summed E-state index contributed by atoms with van der Waals surface area (Å²) in [5.41, 5.74) is 4.96. The zero-order valence-corrected chi connectivity index (χ0v) is 12.8. The van der Waals surface area contributed by atoms with Crippen LogP contribution in [-0.4, -0.2) is 26.5 Å². The summed E-state index contributed by atoms with van der Waals surface area (Å²) in [6.45, 7) is 4.99. The average molecular weight is 299 g/mol. The van der Waals surface area contributed by atoms with Gasteiger partial charge in [-0.25, -0.2) is 9.67 Å². The van der Waals surface area contributed by atoms with E-state index in [1.54, 1.807) is 11.3 Å². The van der Waals surface area contributed by atoms with Gasteiger partial charge >= 0.3 is 0 Å². The van der Waals surface area contributed by atoms with Gasteiger partial charge in [0.15, 0.2) is 0 Å². The Morgan fingerprint density at radius 1 is 1.29 bits per heavy atom. The lowest BCUT2D eigenvalue weighted by molar-refractivity contribution is 0.596. The van der Waals surface area contributed by atoms with Crippen molar-refractivity contribution in [1.29, 1.82) is 0 Å². The highest BCUT2D eigenvalue weighted by Gasteiger charge is 2.22. The monoisotopic (exact) mass is 299 g/mol. The summed E-state index contributed by atoms with van der Waals surface area (Å²) < 4.78 is 1.88. The zero-order valence-electron chi connectivity index (χ0n) is 12.0. The fourth-order valence-corrected chi connectivity index (χ4v) is 3.22.